The summed E-state index contributed by atoms with van der Waals surface area (Å²) in [6.07, 6.45) is 1.84. The Morgan fingerprint density at radius 1 is 1.16 bits per heavy atom. The van der Waals surface area contributed by atoms with Gasteiger partial charge in [-0.05, 0) is 48.5 Å². The summed E-state index contributed by atoms with van der Waals surface area (Å²) in [6, 6.07) is 13.2. The van der Waals surface area contributed by atoms with Gasteiger partial charge in [-0.1, -0.05) is 35.9 Å². The molecule has 0 radical (unpaired) electrons. The van der Waals surface area contributed by atoms with Crippen molar-refractivity contribution in [2.24, 2.45) is 4.99 Å². The topological polar surface area (TPSA) is 60.4 Å². The first-order valence-corrected chi connectivity index (χ1v) is 11.3. The Kier molecular flexibility index (Phi) is 7.17. The fraction of sp³-hybridized carbons (Fsp3) is 0.304. The summed E-state index contributed by atoms with van der Waals surface area (Å²) in [5, 5.41) is 1.40. The van der Waals surface area contributed by atoms with E-state index in [1.165, 1.54) is 11.8 Å². The molecule has 6 nitrogen and oxygen atoms in total. The molecule has 162 valence electrons. The van der Waals surface area contributed by atoms with E-state index in [1.807, 2.05) is 55.5 Å². The molecular formula is C23H23ClN2O4S. The molecule has 2 aliphatic rings. The van der Waals surface area contributed by atoms with E-state index in [4.69, 9.17) is 25.8 Å². The van der Waals surface area contributed by atoms with Gasteiger partial charge in [-0.3, -0.25) is 4.79 Å². The number of carbonyl (C=O) groups is 1. The monoisotopic (exact) mass is 458 g/mol. The van der Waals surface area contributed by atoms with Gasteiger partial charge in [-0.15, -0.1) is 0 Å². The second kappa shape index (κ2) is 10.2. The summed E-state index contributed by atoms with van der Waals surface area (Å²) in [7, 11) is 0. The Labute approximate surface area is 190 Å². The Hall–Kier alpha value is -2.48. The predicted octanol–water partition coefficient (Wildman–Crippen LogP) is 4.62. The van der Waals surface area contributed by atoms with E-state index in [9.17, 15) is 4.79 Å². The lowest BCUT2D eigenvalue weighted by molar-refractivity contribution is -0.113. The van der Waals surface area contributed by atoms with Crippen LogP contribution in [-0.4, -0.2) is 48.9 Å². The third-order valence-corrected chi connectivity index (χ3v) is 6.21. The number of carbonyl (C=O) groups excluding carboxylic acids is 1. The quantitative estimate of drug-likeness (QED) is 0.588. The van der Waals surface area contributed by atoms with Crippen molar-refractivity contribution >= 4 is 40.5 Å². The summed E-state index contributed by atoms with van der Waals surface area (Å²) in [4.78, 5) is 19.3. The van der Waals surface area contributed by atoms with Crippen LogP contribution in [0, 0.1) is 0 Å². The molecule has 0 aliphatic carbocycles. The van der Waals surface area contributed by atoms with Crippen LogP contribution in [-0.2, 0) is 16.1 Å². The molecule has 0 atom stereocenters. The van der Waals surface area contributed by atoms with Crippen molar-refractivity contribution in [1.82, 2.24) is 4.90 Å². The van der Waals surface area contributed by atoms with Gasteiger partial charge >= 0.3 is 0 Å². The second-order valence-corrected chi connectivity index (χ2v) is 8.35. The average Bonchev–Trinajstić information content (AvgIpc) is 3.15. The molecular weight excluding hydrogens is 436 g/mol. The van der Waals surface area contributed by atoms with Gasteiger partial charge in [0.15, 0.2) is 16.7 Å². The Balaban J connectivity index is 1.48. The number of ether oxygens (including phenoxy) is 3. The Morgan fingerprint density at radius 2 is 1.97 bits per heavy atom. The van der Waals surface area contributed by atoms with E-state index in [2.05, 4.69) is 9.89 Å². The van der Waals surface area contributed by atoms with Gasteiger partial charge in [0.1, 0.15) is 6.61 Å². The van der Waals surface area contributed by atoms with Crippen LogP contribution >= 0.6 is 23.4 Å². The largest absolute Gasteiger partial charge is 0.490 e. The number of amides is 1. The van der Waals surface area contributed by atoms with Crippen LogP contribution in [0.5, 0.6) is 11.5 Å². The molecule has 2 aromatic rings. The molecule has 0 saturated carbocycles. The smallest absolute Gasteiger partial charge is 0.286 e. The first kappa shape index (κ1) is 21.7. The van der Waals surface area contributed by atoms with Crippen molar-refractivity contribution in [2.45, 2.75) is 13.5 Å². The molecule has 0 N–H and O–H groups in total. The summed E-state index contributed by atoms with van der Waals surface area (Å²) in [5.74, 6) is 1.02. The number of hydrogen-bond donors (Lipinski definition) is 0. The maximum Gasteiger partial charge on any atom is 0.286 e. The van der Waals surface area contributed by atoms with Gasteiger partial charge in [0.25, 0.3) is 5.91 Å². The third-order valence-electron chi connectivity index (χ3n) is 4.80. The van der Waals surface area contributed by atoms with Crippen molar-refractivity contribution in [2.75, 3.05) is 32.9 Å². The van der Waals surface area contributed by atoms with Gasteiger partial charge in [0.05, 0.1) is 24.7 Å². The number of aliphatic imine (C=N–C) groups is 1. The first-order chi connectivity index (χ1) is 15.1. The van der Waals surface area contributed by atoms with Crippen LogP contribution in [0.15, 0.2) is 52.4 Å². The molecule has 0 bridgehead atoms. The van der Waals surface area contributed by atoms with Crippen LogP contribution in [0.25, 0.3) is 6.08 Å². The van der Waals surface area contributed by atoms with Crippen LogP contribution in [0.4, 0.5) is 0 Å². The van der Waals surface area contributed by atoms with Crippen LogP contribution < -0.4 is 9.47 Å². The van der Waals surface area contributed by atoms with Crippen molar-refractivity contribution in [3.05, 3.63) is 63.5 Å². The van der Waals surface area contributed by atoms with Gasteiger partial charge < -0.3 is 19.1 Å². The zero-order valence-electron chi connectivity index (χ0n) is 17.2. The Bertz CT molecular complexity index is 1020. The normalized spacial score (nSPS) is 17.7. The highest BCUT2D eigenvalue weighted by Gasteiger charge is 2.27. The summed E-state index contributed by atoms with van der Waals surface area (Å²) in [5.41, 5.74) is 1.75. The molecule has 1 saturated heterocycles. The Morgan fingerprint density at radius 3 is 2.74 bits per heavy atom. The standard InChI is InChI=1S/C23H23ClN2O4S/c1-2-29-20-13-16(7-8-19(20)30-15-17-5-3-4-6-18(17)24)14-21-22(27)25-23(31-21)26-9-11-28-12-10-26/h3-8,13-14H,2,9-12,15H2,1H3. The molecule has 1 fully saturated rings. The highest BCUT2D eigenvalue weighted by Crippen LogP contribution is 2.34. The molecule has 1 amide bonds. The van der Waals surface area contributed by atoms with Crippen molar-refractivity contribution in [1.29, 1.82) is 0 Å². The minimum atomic E-state index is -0.219. The lowest BCUT2D eigenvalue weighted by atomic mass is 10.2. The highest BCUT2D eigenvalue weighted by molar-refractivity contribution is 8.18. The zero-order chi connectivity index (χ0) is 21.6. The molecule has 4 rings (SSSR count). The number of hydrogen-bond acceptors (Lipinski definition) is 6. The minimum Gasteiger partial charge on any atom is -0.490 e. The van der Waals surface area contributed by atoms with Crippen molar-refractivity contribution in [3.63, 3.8) is 0 Å². The molecule has 2 aliphatic heterocycles. The third kappa shape index (κ3) is 5.42. The maximum absolute atomic E-state index is 12.4. The molecule has 0 spiro atoms. The van der Waals surface area contributed by atoms with Crippen LogP contribution in [0.1, 0.15) is 18.1 Å². The number of amidine groups is 1. The van der Waals surface area contributed by atoms with Gasteiger partial charge in [0, 0.05) is 23.7 Å². The SMILES string of the molecule is CCOc1cc(C=C2SC(N3CCOCC3)=NC2=O)ccc1OCc1ccccc1Cl. The first-order valence-electron chi connectivity index (χ1n) is 10.1. The predicted molar refractivity (Wildman–Crippen MR) is 124 cm³/mol. The summed E-state index contributed by atoms with van der Waals surface area (Å²) >= 11 is 7.62. The molecule has 0 unspecified atom stereocenters. The zero-order valence-corrected chi connectivity index (χ0v) is 18.7. The van der Waals surface area contributed by atoms with E-state index < -0.39 is 0 Å². The second-order valence-electron chi connectivity index (χ2n) is 6.93. The van der Waals surface area contributed by atoms with E-state index in [1.54, 1.807) is 0 Å². The number of rotatable bonds is 6. The molecule has 0 aromatic heterocycles. The molecule has 2 aromatic carbocycles. The molecule has 31 heavy (non-hydrogen) atoms. The minimum absolute atomic E-state index is 0.219. The summed E-state index contributed by atoms with van der Waals surface area (Å²) < 4.78 is 17.1. The highest BCUT2D eigenvalue weighted by atomic mass is 35.5. The fourth-order valence-corrected chi connectivity index (χ4v) is 4.37. The van der Waals surface area contributed by atoms with Crippen LogP contribution in [0.3, 0.4) is 0 Å². The number of benzene rings is 2. The fourth-order valence-electron chi connectivity index (χ4n) is 3.21. The van der Waals surface area contributed by atoms with Crippen molar-refractivity contribution < 1.29 is 19.0 Å². The van der Waals surface area contributed by atoms with Gasteiger partial charge in [-0.2, -0.15) is 4.99 Å². The lowest BCUT2D eigenvalue weighted by Gasteiger charge is -2.27. The number of nitrogens with zero attached hydrogens (tertiary/aromatic N) is 2. The van der Waals surface area contributed by atoms with E-state index >= 15 is 0 Å². The van der Waals surface area contributed by atoms with Crippen LogP contribution in [0.2, 0.25) is 5.02 Å². The van der Waals surface area contributed by atoms with E-state index in [-0.39, 0.29) is 5.91 Å². The number of thioether (sulfide) groups is 1. The van der Waals surface area contributed by atoms with E-state index in [0.717, 1.165) is 29.4 Å². The number of halogens is 1. The number of morpholine rings is 1. The maximum atomic E-state index is 12.4. The van der Waals surface area contributed by atoms with Gasteiger partial charge in [-0.25, -0.2) is 0 Å². The average molecular weight is 459 g/mol. The van der Waals surface area contributed by atoms with Gasteiger partial charge in [0.2, 0.25) is 0 Å². The van der Waals surface area contributed by atoms with E-state index in [0.29, 0.717) is 47.9 Å². The van der Waals surface area contributed by atoms with Crippen molar-refractivity contribution in [3.8, 4) is 11.5 Å². The molecule has 2 heterocycles. The lowest BCUT2D eigenvalue weighted by Crippen LogP contribution is -2.38. The molecule has 8 heteroatoms. The summed E-state index contributed by atoms with van der Waals surface area (Å²) in [6.45, 7) is 5.56.